The molecule has 0 atom stereocenters. The molecule has 76 heavy (non-hydrogen) atoms. The fraction of sp³-hybridized carbons (Fsp3) is 0.217. The van der Waals surface area contributed by atoms with Crippen LogP contribution in [0.25, 0.3) is 0 Å². The van der Waals surface area contributed by atoms with Crippen LogP contribution in [0.3, 0.4) is 0 Å². The van der Waals surface area contributed by atoms with Crippen LogP contribution in [0, 0.1) is 0 Å². The van der Waals surface area contributed by atoms with Crippen LogP contribution in [-0.4, -0.2) is 30.0 Å². The molecule has 0 aliphatic carbocycles. The Hall–Kier alpha value is -7.30. The Morgan fingerprint density at radius 1 is 0.408 bits per heavy atom. The molecule has 6 aromatic rings. The number of esters is 1. The maximum Gasteiger partial charge on any atom is 0.416 e. The molecular formula is C46H25BF24N2O3. The maximum atomic E-state index is 14.2. The molecule has 0 saturated heterocycles. The number of alkyl halides is 24. The third kappa shape index (κ3) is 13.6. The number of carbonyl (C=O) groups excluding carboxylic acids is 2. The number of hydrogen-bond donors (Lipinski definition) is 0. The molecule has 30 heteroatoms. The Morgan fingerprint density at radius 2 is 0.645 bits per heavy atom. The molecule has 5 nitrogen and oxygen atoms in total. The Morgan fingerprint density at radius 3 is 0.868 bits per heavy atom. The summed E-state index contributed by atoms with van der Waals surface area (Å²) in [6.45, 7) is 0.149. The molecule has 408 valence electrons. The molecule has 0 aliphatic heterocycles. The molecule has 1 heterocycles. The van der Waals surface area contributed by atoms with E-state index in [-0.39, 0.29) is 17.9 Å². The average molecular weight is 1120 g/mol. The van der Waals surface area contributed by atoms with Crippen LogP contribution in [0.1, 0.15) is 65.2 Å². The van der Waals surface area contributed by atoms with Gasteiger partial charge in [-0.3, -0.25) is 9.78 Å². The van der Waals surface area contributed by atoms with E-state index in [0.717, 1.165) is 0 Å². The van der Waals surface area contributed by atoms with E-state index in [1.807, 2.05) is 0 Å². The number of Topliss-reactive ketones (excluding diaryl/α,β-unsaturated/α-hetero) is 1. The second-order valence-corrected chi connectivity index (χ2v) is 16.1. The summed E-state index contributed by atoms with van der Waals surface area (Å²) in [5.74, 6) is -0.666. The quantitative estimate of drug-likeness (QED) is 0.0501. The van der Waals surface area contributed by atoms with Crippen LogP contribution in [0.2, 0.25) is 0 Å². The molecule has 1 aromatic heterocycles. The molecule has 0 amide bonds. The van der Waals surface area contributed by atoms with Gasteiger partial charge in [0.25, 0.3) is 0 Å². The SMILES string of the molecule is COC(=O)c1ccccc1C(=O)C[n+]1ccncc1.FC(F)(F)c1cc([B-](c2cc(C(F)(F)F)cc(C(F)(F)F)c2)(c2cc(C(F)(F)F)cc(C(F)(F)F)c2)c2cc(C(F)(F)F)cc(C(F)(F)F)c2)cc(C(F)(F)F)c1. The smallest absolute Gasteiger partial charge is 0.416 e. The second-order valence-electron chi connectivity index (χ2n) is 16.1. The summed E-state index contributed by atoms with van der Waals surface area (Å²) in [5, 5.41) is 0. The molecule has 0 unspecified atom stereocenters. The van der Waals surface area contributed by atoms with Gasteiger partial charge in [-0.1, -0.05) is 66.7 Å². The number of ketones is 1. The van der Waals surface area contributed by atoms with Crippen molar-refractivity contribution in [3.63, 3.8) is 0 Å². The number of aromatic nitrogens is 2. The normalized spacial score (nSPS) is 13.2. The first-order chi connectivity index (χ1) is 34.5. The summed E-state index contributed by atoms with van der Waals surface area (Å²) in [7, 11) is 1.29. The van der Waals surface area contributed by atoms with Crippen LogP contribution in [0.5, 0.6) is 0 Å². The second kappa shape index (κ2) is 20.7. The molecule has 0 saturated carbocycles. The number of benzene rings is 5. The van der Waals surface area contributed by atoms with Crippen molar-refractivity contribution in [2.45, 2.75) is 56.0 Å². The summed E-state index contributed by atoms with van der Waals surface area (Å²) in [5.41, 5.74) is -29.6. The zero-order valence-electron chi connectivity index (χ0n) is 37.0. The molecular weight excluding hydrogens is 1100 g/mol. The Balaban J connectivity index is 0.000000468. The lowest BCUT2D eigenvalue weighted by Gasteiger charge is -2.46. The van der Waals surface area contributed by atoms with Gasteiger partial charge in [0.05, 0.1) is 69.6 Å². The van der Waals surface area contributed by atoms with Crippen molar-refractivity contribution >= 4 is 39.7 Å². The van der Waals surface area contributed by atoms with Crippen LogP contribution >= 0.6 is 0 Å². The van der Waals surface area contributed by atoms with E-state index in [9.17, 15) is 115 Å². The molecule has 0 radical (unpaired) electrons. The topological polar surface area (TPSA) is 60.1 Å². The summed E-state index contributed by atoms with van der Waals surface area (Å²) in [4.78, 5) is 27.7. The minimum absolute atomic E-state index is 0.149. The van der Waals surface area contributed by atoms with E-state index in [4.69, 9.17) is 0 Å². The van der Waals surface area contributed by atoms with E-state index < -0.39 is 201 Å². The number of nitrogens with zero attached hydrogens (tertiary/aromatic N) is 2. The number of rotatable bonds is 8. The van der Waals surface area contributed by atoms with Gasteiger partial charge in [0.2, 0.25) is 12.3 Å². The first kappa shape index (κ1) is 59.6. The zero-order chi connectivity index (χ0) is 57.6. The maximum absolute atomic E-state index is 14.2. The van der Waals surface area contributed by atoms with Crippen molar-refractivity contribution in [3.8, 4) is 0 Å². The van der Waals surface area contributed by atoms with E-state index in [1.165, 1.54) is 7.11 Å². The van der Waals surface area contributed by atoms with E-state index >= 15 is 0 Å². The Kier molecular flexibility index (Phi) is 16.2. The minimum atomic E-state index is -6.13. The predicted molar refractivity (Wildman–Crippen MR) is 217 cm³/mol. The third-order valence-electron chi connectivity index (χ3n) is 11.1. The lowest BCUT2D eigenvalue weighted by molar-refractivity contribution is -0.683. The standard InChI is InChI=1S/C32H12BF24.C14H13N2O3/c34-25(35,36)13-1-14(26(37,38)39)6-21(5-13)33(22-7-15(27(40,41)42)2-16(8-22)28(43,44)45,23-9-17(29(46,47)48)3-18(10-23)30(49,50)51)24-11-19(31(52,53)54)4-20(12-24)32(55,56)57;1-19-14(18)12-5-3-2-4-11(12)13(17)10-16-8-6-15-7-9-16/h1-12H;2-9H,10H2,1H3/q-1;+1. The average Bonchev–Trinajstić information content (AvgIpc) is 3.29. The molecule has 0 spiro atoms. The fourth-order valence-electron chi connectivity index (χ4n) is 7.79. The van der Waals surface area contributed by atoms with Gasteiger partial charge in [0.1, 0.15) is 6.15 Å². The van der Waals surface area contributed by atoms with Gasteiger partial charge in [0.15, 0.2) is 12.4 Å². The first-order valence-corrected chi connectivity index (χ1v) is 20.3. The molecule has 0 fully saturated rings. The number of carbonyl (C=O) groups is 2. The highest BCUT2D eigenvalue weighted by Gasteiger charge is 2.47. The number of ether oxygens (including phenoxy) is 1. The molecule has 5 aromatic carbocycles. The minimum Gasteiger partial charge on any atom is -0.465 e. The summed E-state index contributed by atoms with van der Waals surface area (Å²) < 4.78 is 347. The van der Waals surface area contributed by atoms with Gasteiger partial charge in [-0.25, -0.2) is 4.79 Å². The summed E-state index contributed by atoms with van der Waals surface area (Å²) in [6, 6.07) is -2.19. The molecule has 0 aliphatic rings. The number of methoxy groups -OCH3 is 1. The van der Waals surface area contributed by atoms with Gasteiger partial charge in [-0.15, -0.1) is 0 Å². The lowest BCUT2D eigenvalue weighted by atomic mass is 9.12. The van der Waals surface area contributed by atoms with Crippen molar-refractivity contribution in [1.29, 1.82) is 0 Å². The van der Waals surface area contributed by atoms with Gasteiger partial charge < -0.3 is 4.74 Å². The van der Waals surface area contributed by atoms with E-state index in [1.54, 1.807) is 53.6 Å². The number of hydrogen-bond acceptors (Lipinski definition) is 4. The Bertz CT molecular complexity index is 2660. The summed E-state index contributed by atoms with van der Waals surface area (Å²) in [6.07, 6.45) is -48.2. The monoisotopic (exact) mass is 1120 g/mol. The fourth-order valence-corrected chi connectivity index (χ4v) is 7.79. The van der Waals surface area contributed by atoms with Gasteiger partial charge in [0, 0.05) is 5.56 Å². The molecule has 0 bridgehead atoms. The van der Waals surface area contributed by atoms with E-state index in [0.29, 0.717) is 5.56 Å². The van der Waals surface area contributed by atoms with Gasteiger partial charge >= 0.3 is 55.4 Å². The van der Waals surface area contributed by atoms with Crippen LogP contribution < -0.4 is 26.4 Å². The van der Waals surface area contributed by atoms with Gasteiger partial charge in [-0.05, 0) is 30.3 Å². The highest BCUT2D eigenvalue weighted by Crippen LogP contribution is 2.41. The highest BCUT2D eigenvalue weighted by molar-refractivity contribution is 7.20. The van der Waals surface area contributed by atoms with E-state index in [2.05, 4.69) is 9.72 Å². The lowest BCUT2D eigenvalue weighted by Crippen LogP contribution is -2.75. The van der Waals surface area contributed by atoms with Crippen LogP contribution in [0.4, 0.5) is 105 Å². The summed E-state index contributed by atoms with van der Waals surface area (Å²) >= 11 is 0. The molecule has 6 rings (SSSR count). The zero-order valence-corrected chi connectivity index (χ0v) is 37.0. The Labute approximate surface area is 409 Å². The van der Waals surface area contributed by atoms with Crippen molar-refractivity contribution in [2.75, 3.05) is 7.11 Å². The van der Waals surface area contributed by atoms with Crippen molar-refractivity contribution < 1.29 is 124 Å². The van der Waals surface area contributed by atoms with Crippen molar-refractivity contribution in [2.24, 2.45) is 0 Å². The molecule has 0 N–H and O–H groups in total. The van der Waals surface area contributed by atoms with Crippen molar-refractivity contribution in [3.05, 3.63) is 177 Å². The first-order valence-electron chi connectivity index (χ1n) is 20.3. The largest absolute Gasteiger partial charge is 0.465 e. The number of halogens is 24. The van der Waals surface area contributed by atoms with Crippen LogP contribution in [0.15, 0.2) is 122 Å². The van der Waals surface area contributed by atoms with Crippen molar-refractivity contribution in [1.82, 2.24) is 4.98 Å². The predicted octanol–water partition coefficient (Wildman–Crippen LogP) is 12.3. The third-order valence-corrected chi connectivity index (χ3v) is 11.1. The van der Waals surface area contributed by atoms with Gasteiger partial charge in [-0.2, -0.15) is 132 Å². The van der Waals surface area contributed by atoms with Crippen LogP contribution in [-0.2, 0) is 60.7 Å². The highest BCUT2D eigenvalue weighted by atomic mass is 19.4.